The van der Waals surface area contributed by atoms with E-state index in [4.69, 9.17) is 0 Å². The number of carbonyl (C=O) groups excluding carboxylic acids is 1. The number of fused-ring (bicyclic) bond motifs is 1. The van der Waals surface area contributed by atoms with E-state index in [0.29, 0.717) is 36.2 Å². The summed E-state index contributed by atoms with van der Waals surface area (Å²) in [6.45, 7) is 1.41. The summed E-state index contributed by atoms with van der Waals surface area (Å²) in [5.74, 6) is -1.49. The van der Waals surface area contributed by atoms with E-state index < -0.39 is 17.6 Å². The van der Waals surface area contributed by atoms with Crippen molar-refractivity contribution in [3.63, 3.8) is 0 Å². The Morgan fingerprint density at radius 2 is 1.90 bits per heavy atom. The number of thiophene rings is 1. The fraction of sp³-hybridized carbons (Fsp3) is 0.350. The van der Waals surface area contributed by atoms with Gasteiger partial charge in [0.05, 0.1) is 16.1 Å². The van der Waals surface area contributed by atoms with E-state index in [0.717, 1.165) is 16.6 Å². The molecule has 0 bridgehead atoms. The minimum Gasteiger partial charge on any atom is -0.384 e. The molecule has 2 N–H and O–H groups in total. The van der Waals surface area contributed by atoms with Crippen molar-refractivity contribution in [3.05, 3.63) is 52.0 Å². The first-order valence-electron chi connectivity index (χ1n) is 9.30. The molecule has 1 aliphatic heterocycles. The van der Waals surface area contributed by atoms with Crippen LogP contribution in [0.1, 0.15) is 33.2 Å². The Bertz CT molecular complexity index is 1080. The first kappa shape index (κ1) is 21.2. The Morgan fingerprint density at radius 1 is 1.17 bits per heavy atom. The minimum absolute atomic E-state index is 0.0573. The summed E-state index contributed by atoms with van der Waals surface area (Å²) >= 11 is 2.20. The fourth-order valence-electron chi connectivity index (χ4n) is 3.31. The van der Waals surface area contributed by atoms with Crippen LogP contribution >= 0.6 is 23.1 Å². The quantitative estimate of drug-likeness (QED) is 0.342. The second-order valence-corrected chi connectivity index (χ2v) is 9.07. The Balaban J connectivity index is 1.54. The van der Waals surface area contributed by atoms with Crippen LogP contribution in [0.3, 0.4) is 0 Å². The van der Waals surface area contributed by atoms with Gasteiger partial charge in [-0.1, -0.05) is 30.0 Å². The van der Waals surface area contributed by atoms with Crippen molar-refractivity contribution in [3.8, 4) is 0 Å². The Labute approximate surface area is 178 Å². The van der Waals surface area contributed by atoms with Crippen molar-refractivity contribution in [2.24, 2.45) is 0 Å². The molecule has 0 amide bonds. The van der Waals surface area contributed by atoms with E-state index in [1.54, 1.807) is 30.3 Å². The van der Waals surface area contributed by atoms with Gasteiger partial charge >= 0.3 is 6.18 Å². The summed E-state index contributed by atoms with van der Waals surface area (Å²) in [7, 11) is 0. The number of rotatable bonds is 5. The molecule has 0 spiro atoms. The zero-order valence-electron chi connectivity index (χ0n) is 15.7. The topological polar surface area (TPSA) is 75.1 Å². The molecule has 1 aliphatic rings. The lowest BCUT2D eigenvalue weighted by molar-refractivity contribution is -0.145. The number of nitrogens with zero attached hydrogens (tertiary/aromatic N) is 2. The van der Waals surface area contributed by atoms with E-state index in [-0.39, 0.29) is 22.1 Å². The predicted molar refractivity (Wildman–Crippen MR) is 110 cm³/mol. The van der Waals surface area contributed by atoms with Gasteiger partial charge in [-0.15, -0.1) is 11.3 Å². The maximum Gasteiger partial charge on any atom is 0.451 e. The number of halogens is 3. The molecule has 0 radical (unpaired) electrons. The van der Waals surface area contributed by atoms with E-state index in [1.807, 2.05) is 0 Å². The van der Waals surface area contributed by atoms with Crippen LogP contribution in [-0.4, -0.2) is 39.7 Å². The van der Waals surface area contributed by atoms with Gasteiger partial charge in [0, 0.05) is 10.3 Å². The van der Waals surface area contributed by atoms with Crippen LogP contribution in [0.2, 0.25) is 0 Å². The van der Waals surface area contributed by atoms with Gasteiger partial charge < -0.3 is 10.4 Å². The van der Waals surface area contributed by atoms with Gasteiger partial charge in [-0.05, 0) is 44.1 Å². The highest BCUT2D eigenvalue weighted by molar-refractivity contribution is 8.00. The monoisotopic (exact) mass is 453 g/mol. The zero-order chi connectivity index (χ0) is 21.4. The van der Waals surface area contributed by atoms with Crippen molar-refractivity contribution in [1.82, 2.24) is 15.3 Å². The normalized spacial score (nSPS) is 16.7. The number of aromatic nitrogens is 2. The van der Waals surface area contributed by atoms with Crippen LogP contribution in [0.4, 0.5) is 13.2 Å². The van der Waals surface area contributed by atoms with Crippen LogP contribution in [0.5, 0.6) is 0 Å². The maximum absolute atomic E-state index is 13.1. The first-order valence-corrected chi connectivity index (χ1v) is 11.1. The van der Waals surface area contributed by atoms with Crippen LogP contribution in [-0.2, 0) is 11.8 Å². The summed E-state index contributed by atoms with van der Waals surface area (Å²) in [5, 5.41) is 14.6. The summed E-state index contributed by atoms with van der Waals surface area (Å²) in [5.41, 5.74) is -0.757. The summed E-state index contributed by atoms with van der Waals surface area (Å²) < 4.78 is 39.4. The molecule has 0 saturated carbocycles. The molecule has 3 aromatic rings. The number of piperidine rings is 1. The molecule has 0 unspecified atom stereocenters. The fourth-order valence-corrected chi connectivity index (χ4v) is 5.40. The summed E-state index contributed by atoms with van der Waals surface area (Å²) in [4.78, 5) is 21.1. The second kappa shape index (κ2) is 8.26. The van der Waals surface area contributed by atoms with E-state index in [2.05, 4.69) is 15.3 Å². The number of hydrogen-bond acceptors (Lipinski definition) is 7. The van der Waals surface area contributed by atoms with Crippen LogP contribution in [0, 0.1) is 0 Å². The average Bonchev–Trinajstić information content (AvgIpc) is 3.23. The number of ketones is 1. The Hall–Kier alpha value is -2.01. The Morgan fingerprint density at radius 3 is 2.63 bits per heavy atom. The molecule has 3 heterocycles. The van der Waals surface area contributed by atoms with Crippen LogP contribution in [0.25, 0.3) is 10.9 Å². The van der Waals surface area contributed by atoms with E-state index in [9.17, 15) is 23.1 Å². The lowest BCUT2D eigenvalue weighted by Gasteiger charge is -2.31. The molecule has 2 aromatic heterocycles. The van der Waals surface area contributed by atoms with Crippen molar-refractivity contribution in [2.75, 3.05) is 18.8 Å². The molecule has 10 heteroatoms. The van der Waals surface area contributed by atoms with Gasteiger partial charge in [0.2, 0.25) is 5.82 Å². The molecule has 0 atom stereocenters. The number of aliphatic hydroxyl groups is 1. The second-order valence-electron chi connectivity index (χ2n) is 7.02. The third kappa shape index (κ3) is 4.36. The van der Waals surface area contributed by atoms with Gasteiger partial charge in [0.25, 0.3) is 0 Å². The van der Waals surface area contributed by atoms with Crippen molar-refractivity contribution in [2.45, 2.75) is 29.6 Å². The molecular weight excluding hydrogens is 435 g/mol. The van der Waals surface area contributed by atoms with Gasteiger partial charge in [-0.25, -0.2) is 9.97 Å². The largest absolute Gasteiger partial charge is 0.451 e. The number of para-hydroxylation sites is 1. The summed E-state index contributed by atoms with van der Waals surface area (Å²) in [6, 6.07) is 9.85. The Kier molecular flexibility index (Phi) is 5.84. The highest BCUT2D eigenvalue weighted by atomic mass is 32.2. The standard InChI is InChI=1S/C20H18F3N3O2S2/c21-20(22,23)18-25-13-4-2-1-3-12(13)17(26-18)29-11-14(27)15-5-6-16(30-15)19(28)7-9-24-10-8-19/h1-6,24,28H,7-11H2. The van der Waals surface area contributed by atoms with Crippen molar-refractivity contribution >= 4 is 39.8 Å². The summed E-state index contributed by atoms with van der Waals surface area (Å²) in [6.07, 6.45) is -3.53. The number of alkyl halides is 3. The van der Waals surface area contributed by atoms with Gasteiger partial charge in [-0.3, -0.25) is 4.79 Å². The van der Waals surface area contributed by atoms with Gasteiger partial charge in [0.1, 0.15) is 10.6 Å². The lowest BCUT2D eigenvalue weighted by atomic mass is 9.91. The average molecular weight is 454 g/mol. The zero-order valence-corrected chi connectivity index (χ0v) is 17.3. The lowest BCUT2D eigenvalue weighted by Crippen LogP contribution is -2.39. The molecule has 5 nitrogen and oxygen atoms in total. The third-order valence-electron chi connectivity index (χ3n) is 4.93. The highest BCUT2D eigenvalue weighted by Crippen LogP contribution is 2.36. The smallest absolute Gasteiger partial charge is 0.384 e. The van der Waals surface area contributed by atoms with Gasteiger partial charge in [0.15, 0.2) is 5.78 Å². The van der Waals surface area contributed by atoms with E-state index in [1.165, 1.54) is 17.4 Å². The third-order valence-corrected chi connectivity index (χ3v) is 7.24. The number of thioether (sulfide) groups is 1. The molecule has 158 valence electrons. The van der Waals surface area contributed by atoms with Crippen LogP contribution < -0.4 is 5.32 Å². The number of Topliss-reactive ketones (excluding diaryl/α,β-unsaturated/α-hetero) is 1. The molecule has 1 aromatic carbocycles. The maximum atomic E-state index is 13.1. The predicted octanol–water partition coefficient (Wildman–Crippen LogP) is 4.26. The molecule has 1 saturated heterocycles. The van der Waals surface area contributed by atoms with Gasteiger partial charge in [-0.2, -0.15) is 13.2 Å². The van der Waals surface area contributed by atoms with Crippen molar-refractivity contribution < 1.29 is 23.1 Å². The number of benzene rings is 1. The molecule has 30 heavy (non-hydrogen) atoms. The van der Waals surface area contributed by atoms with Crippen LogP contribution in [0.15, 0.2) is 41.4 Å². The first-order chi connectivity index (χ1) is 14.3. The number of carbonyl (C=O) groups is 1. The molecule has 4 rings (SSSR count). The number of hydrogen-bond donors (Lipinski definition) is 2. The SMILES string of the molecule is O=C(CSc1nc(C(F)(F)F)nc2ccccc12)c1ccc(C2(O)CCNCC2)s1. The van der Waals surface area contributed by atoms with E-state index >= 15 is 0 Å². The number of nitrogens with one attached hydrogen (secondary N) is 1. The minimum atomic E-state index is -4.67. The molecular formula is C20H18F3N3O2S2. The molecule has 0 aliphatic carbocycles. The van der Waals surface area contributed by atoms with Crippen molar-refractivity contribution in [1.29, 1.82) is 0 Å². The highest BCUT2D eigenvalue weighted by Gasteiger charge is 2.36. The molecule has 1 fully saturated rings.